The SMILES string of the molecule is CN(Cc1nc2ccccc2[nH]1)C(=O)C1CCCCN1C. The summed E-state index contributed by atoms with van der Waals surface area (Å²) in [6, 6.07) is 7.96. The molecule has 0 bridgehead atoms. The van der Waals surface area contributed by atoms with Gasteiger partial charge in [-0.3, -0.25) is 9.69 Å². The van der Waals surface area contributed by atoms with Crippen LogP contribution in [-0.2, 0) is 11.3 Å². The Morgan fingerprint density at radius 1 is 1.43 bits per heavy atom. The number of hydrogen-bond donors (Lipinski definition) is 1. The lowest BCUT2D eigenvalue weighted by atomic mass is 10.0. The Kier molecular flexibility index (Phi) is 3.92. The number of H-pyrrole nitrogens is 1. The average molecular weight is 286 g/mol. The van der Waals surface area contributed by atoms with Crippen molar-refractivity contribution in [2.75, 3.05) is 20.6 Å². The molecule has 2 heterocycles. The van der Waals surface area contributed by atoms with Crippen LogP contribution >= 0.6 is 0 Å². The second-order valence-corrected chi connectivity index (χ2v) is 5.89. The molecular weight excluding hydrogens is 264 g/mol. The average Bonchev–Trinajstić information content (AvgIpc) is 2.89. The van der Waals surface area contributed by atoms with Gasteiger partial charge in [0.25, 0.3) is 0 Å². The summed E-state index contributed by atoms with van der Waals surface area (Å²) in [5.41, 5.74) is 1.96. The highest BCUT2D eigenvalue weighted by atomic mass is 16.2. The Morgan fingerprint density at radius 2 is 2.24 bits per heavy atom. The molecule has 5 nitrogen and oxygen atoms in total. The highest BCUT2D eigenvalue weighted by Gasteiger charge is 2.28. The van der Waals surface area contributed by atoms with E-state index in [9.17, 15) is 4.79 Å². The molecule has 3 rings (SSSR count). The summed E-state index contributed by atoms with van der Waals surface area (Å²) in [7, 11) is 3.90. The monoisotopic (exact) mass is 286 g/mol. The number of carbonyl (C=O) groups excluding carboxylic acids is 1. The van der Waals surface area contributed by atoms with Crippen molar-refractivity contribution in [2.45, 2.75) is 31.8 Å². The van der Waals surface area contributed by atoms with Crippen LogP contribution in [0.25, 0.3) is 11.0 Å². The fourth-order valence-corrected chi connectivity index (χ4v) is 3.02. The third-order valence-corrected chi connectivity index (χ3v) is 4.26. The molecular formula is C16H22N4O. The number of fused-ring (bicyclic) bond motifs is 1. The fraction of sp³-hybridized carbons (Fsp3) is 0.500. The van der Waals surface area contributed by atoms with Crippen LogP contribution in [0.15, 0.2) is 24.3 Å². The van der Waals surface area contributed by atoms with E-state index >= 15 is 0 Å². The van der Waals surface area contributed by atoms with Gasteiger partial charge >= 0.3 is 0 Å². The number of aromatic nitrogens is 2. The van der Waals surface area contributed by atoms with Crippen molar-refractivity contribution >= 4 is 16.9 Å². The third-order valence-electron chi connectivity index (χ3n) is 4.26. The molecule has 5 heteroatoms. The van der Waals surface area contributed by atoms with Crippen molar-refractivity contribution in [3.8, 4) is 0 Å². The minimum atomic E-state index is 0.0214. The van der Waals surface area contributed by atoms with E-state index in [1.54, 1.807) is 4.90 Å². The first-order chi connectivity index (χ1) is 10.1. The first-order valence-corrected chi connectivity index (χ1v) is 7.54. The predicted molar refractivity (Wildman–Crippen MR) is 82.8 cm³/mol. The lowest BCUT2D eigenvalue weighted by molar-refractivity contribution is -0.136. The number of likely N-dealkylation sites (tertiary alicyclic amines) is 1. The first-order valence-electron chi connectivity index (χ1n) is 7.54. The Bertz CT molecular complexity index is 603. The molecule has 1 N–H and O–H groups in total. The van der Waals surface area contributed by atoms with E-state index in [0.717, 1.165) is 36.2 Å². The lowest BCUT2D eigenvalue weighted by Gasteiger charge is -2.33. The number of amides is 1. The van der Waals surface area contributed by atoms with E-state index in [4.69, 9.17) is 0 Å². The summed E-state index contributed by atoms with van der Waals surface area (Å²) in [5.74, 6) is 1.03. The molecule has 112 valence electrons. The maximum absolute atomic E-state index is 12.6. The summed E-state index contributed by atoms with van der Waals surface area (Å²) in [6.45, 7) is 1.53. The second kappa shape index (κ2) is 5.85. The van der Waals surface area contributed by atoms with Gasteiger partial charge in [0.15, 0.2) is 0 Å². The molecule has 21 heavy (non-hydrogen) atoms. The molecule has 1 aliphatic heterocycles. The number of nitrogens with zero attached hydrogens (tertiary/aromatic N) is 3. The molecule has 0 radical (unpaired) electrons. The van der Waals surface area contributed by atoms with Crippen LogP contribution in [0.5, 0.6) is 0 Å². The minimum Gasteiger partial charge on any atom is -0.340 e. The highest BCUT2D eigenvalue weighted by molar-refractivity contribution is 5.82. The van der Waals surface area contributed by atoms with Crippen molar-refractivity contribution < 1.29 is 4.79 Å². The Balaban J connectivity index is 1.70. The summed E-state index contributed by atoms with van der Waals surface area (Å²) in [4.78, 5) is 24.3. The molecule has 0 aliphatic carbocycles. The van der Waals surface area contributed by atoms with E-state index in [1.165, 1.54) is 6.42 Å². The summed E-state index contributed by atoms with van der Waals surface area (Å²) in [6.07, 6.45) is 3.28. The fourth-order valence-electron chi connectivity index (χ4n) is 3.02. The summed E-state index contributed by atoms with van der Waals surface area (Å²) >= 11 is 0. The smallest absolute Gasteiger partial charge is 0.240 e. The largest absolute Gasteiger partial charge is 0.340 e. The number of likely N-dealkylation sites (N-methyl/N-ethyl adjacent to an activating group) is 2. The Labute approximate surface area is 125 Å². The van der Waals surface area contributed by atoms with E-state index in [1.807, 2.05) is 38.4 Å². The Morgan fingerprint density at radius 3 is 3.00 bits per heavy atom. The summed E-state index contributed by atoms with van der Waals surface area (Å²) in [5, 5.41) is 0. The number of rotatable bonds is 3. The highest BCUT2D eigenvalue weighted by Crippen LogP contribution is 2.18. The normalized spacial score (nSPS) is 19.8. The van der Waals surface area contributed by atoms with Gasteiger partial charge in [0.2, 0.25) is 5.91 Å². The molecule has 0 spiro atoms. The molecule has 1 unspecified atom stereocenters. The number of nitrogens with one attached hydrogen (secondary N) is 1. The van der Waals surface area contributed by atoms with Gasteiger partial charge in [-0.15, -0.1) is 0 Å². The van der Waals surface area contributed by atoms with Gasteiger partial charge < -0.3 is 9.88 Å². The number of carbonyl (C=O) groups is 1. The van der Waals surface area contributed by atoms with E-state index in [2.05, 4.69) is 14.9 Å². The van der Waals surface area contributed by atoms with Gasteiger partial charge in [-0.1, -0.05) is 18.6 Å². The number of piperidine rings is 1. The minimum absolute atomic E-state index is 0.0214. The van der Waals surface area contributed by atoms with Crippen molar-refractivity contribution in [1.29, 1.82) is 0 Å². The van der Waals surface area contributed by atoms with E-state index in [-0.39, 0.29) is 11.9 Å². The molecule has 1 atom stereocenters. The van der Waals surface area contributed by atoms with Gasteiger partial charge in [-0.05, 0) is 38.6 Å². The van der Waals surface area contributed by atoms with E-state index in [0.29, 0.717) is 6.54 Å². The second-order valence-electron chi connectivity index (χ2n) is 5.89. The molecule has 2 aromatic rings. The predicted octanol–water partition coefficient (Wildman–Crippen LogP) is 2.01. The molecule has 1 saturated heterocycles. The molecule has 1 amide bonds. The van der Waals surface area contributed by atoms with Gasteiger partial charge in [-0.25, -0.2) is 4.98 Å². The van der Waals surface area contributed by atoms with Gasteiger partial charge in [0.05, 0.1) is 23.6 Å². The number of imidazole rings is 1. The molecule has 1 aromatic heterocycles. The van der Waals surface area contributed by atoms with Gasteiger partial charge in [0.1, 0.15) is 5.82 Å². The summed E-state index contributed by atoms with van der Waals surface area (Å²) < 4.78 is 0. The Hall–Kier alpha value is -1.88. The van der Waals surface area contributed by atoms with Crippen LogP contribution in [0.1, 0.15) is 25.1 Å². The quantitative estimate of drug-likeness (QED) is 0.939. The van der Waals surface area contributed by atoms with Crippen molar-refractivity contribution in [2.24, 2.45) is 0 Å². The zero-order chi connectivity index (χ0) is 14.8. The van der Waals surface area contributed by atoms with Crippen LogP contribution in [0.4, 0.5) is 0 Å². The standard InChI is InChI=1S/C16H22N4O/c1-19-10-6-5-9-14(19)16(21)20(2)11-15-17-12-7-3-4-8-13(12)18-15/h3-4,7-8,14H,5-6,9-11H2,1-2H3,(H,17,18). The third kappa shape index (κ3) is 2.93. The van der Waals surface area contributed by atoms with Crippen LogP contribution in [0.3, 0.4) is 0 Å². The zero-order valence-corrected chi connectivity index (χ0v) is 12.7. The maximum Gasteiger partial charge on any atom is 0.240 e. The number of hydrogen-bond acceptors (Lipinski definition) is 3. The van der Waals surface area contributed by atoms with E-state index < -0.39 is 0 Å². The van der Waals surface area contributed by atoms with Crippen LogP contribution in [0, 0.1) is 0 Å². The number of benzene rings is 1. The van der Waals surface area contributed by atoms with Crippen molar-refractivity contribution in [1.82, 2.24) is 19.8 Å². The number of para-hydroxylation sites is 2. The molecule has 0 saturated carbocycles. The van der Waals surface area contributed by atoms with Crippen LogP contribution in [0.2, 0.25) is 0 Å². The van der Waals surface area contributed by atoms with Crippen LogP contribution < -0.4 is 0 Å². The van der Waals surface area contributed by atoms with Crippen LogP contribution in [-0.4, -0.2) is 52.4 Å². The molecule has 1 fully saturated rings. The maximum atomic E-state index is 12.6. The topological polar surface area (TPSA) is 52.2 Å². The molecule has 1 aromatic carbocycles. The van der Waals surface area contributed by atoms with Crippen molar-refractivity contribution in [3.63, 3.8) is 0 Å². The van der Waals surface area contributed by atoms with Gasteiger partial charge in [0, 0.05) is 7.05 Å². The first kappa shape index (κ1) is 14.1. The van der Waals surface area contributed by atoms with Gasteiger partial charge in [-0.2, -0.15) is 0 Å². The van der Waals surface area contributed by atoms with Crippen molar-refractivity contribution in [3.05, 3.63) is 30.1 Å². The molecule has 1 aliphatic rings. The zero-order valence-electron chi connectivity index (χ0n) is 12.7. The number of aromatic amines is 1. The lowest BCUT2D eigenvalue weighted by Crippen LogP contribution is -2.47.